The van der Waals surface area contributed by atoms with Gasteiger partial charge in [-0.05, 0) is 70.0 Å². The maximum atomic E-state index is 12.7. The number of nitrogens with zero attached hydrogens (tertiary/aromatic N) is 5. The van der Waals surface area contributed by atoms with Crippen molar-refractivity contribution in [2.45, 2.75) is 59.0 Å². The van der Waals surface area contributed by atoms with Crippen LogP contribution in [0.2, 0.25) is 10.0 Å². The van der Waals surface area contributed by atoms with E-state index in [0.29, 0.717) is 37.9 Å². The van der Waals surface area contributed by atoms with Gasteiger partial charge in [0.2, 0.25) is 5.91 Å². The molecule has 2 saturated heterocycles. The molecule has 0 saturated carbocycles. The average Bonchev–Trinajstić information content (AvgIpc) is 3.66. The van der Waals surface area contributed by atoms with Gasteiger partial charge < -0.3 is 9.47 Å². The molecule has 7 heterocycles. The summed E-state index contributed by atoms with van der Waals surface area (Å²) < 4.78 is 13.1. The molecule has 280 valence electrons. The number of carbonyl (C=O) groups is 2. The topological polar surface area (TPSA) is 146 Å². The number of nitrogens with two attached hydrogens (primary N) is 1. The Kier molecular flexibility index (Phi) is 10.5. The van der Waals surface area contributed by atoms with E-state index < -0.39 is 11.1 Å². The van der Waals surface area contributed by atoms with Crippen LogP contribution in [0.3, 0.4) is 0 Å². The molecule has 54 heavy (non-hydrogen) atoms. The van der Waals surface area contributed by atoms with Crippen LogP contribution >= 0.6 is 45.9 Å². The van der Waals surface area contributed by atoms with Gasteiger partial charge in [0.05, 0.1) is 37.9 Å². The number of carbonyl (C=O) groups excluding carboxylic acids is 2. The number of benzene rings is 2. The van der Waals surface area contributed by atoms with Crippen molar-refractivity contribution in [3.63, 3.8) is 0 Å². The fourth-order valence-electron chi connectivity index (χ4n) is 6.69. The number of aliphatic imine (C=N–C) groups is 2. The number of ether oxygens (including phenoxy) is 2. The summed E-state index contributed by atoms with van der Waals surface area (Å²) in [6.07, 6.45) is 0.443. The second-order valence-electron chi connectivity index (χ2n) is 13.7. The third kappa shape index (κ3) is 6.76. The van der Waals surface area contributed by atoms with Crippen LogP contribution in [0.1, 0.15) is 66.6 Å². The van der Waals surface area contributed by atoms with Crippen LogP contribution < -0.4 is 11.3 Å². The number of thiophene rings is 2. The fraction of sp³-hybridized carbons (Fsp3) is 0.333. The lowest BCUT2D eigenvalue weighted by Gasteiger charge is -2.36. The highest BCUT2D eigenvalue weighted by atomic mass is 35.5. The second-order valence-corrected chi connectivity index (χ2v) is 17.1. The SMILES string of the molecule is CC(=O)NN.Cc1sc2c(c1C)C(c1ccc(Cl)cc1)=NC1(COC1)C(=O)C2.Cc1sc2c(c1C)C(c1ccc(Cl)cc1)=NC1(COC1)c1nnc(C)n1-2. The fourth-order valence-corrected chi connectivity index (χ4v) is 9.33. The lowest BCUT2D eigenvalue weighted by Crippen LogP contribution is -2.55. The second kappa shape index (κ2) is 14.9. The minimum atomic E-state index is -0.700. The maximum Gasteiger partial charge on any atom is 0.230 e. The van der Waals surface area contributed by atoms with Crippen molar-refractivity contribution in [2.75, 3.05) is 26.4 Å². The van der Waals surface area contributed by atoms with Gasteiger partial charge in [-0.25, -0.2) is 5.84 Å². The predicted octanol–water partition coefficient (Wildman–Crippen LogP) is 6.73. The Hall–Kier alpha value is -4.08. The third-order valence-electron chi connectivity index (χ3n) is 10.0. The summed E-state index contributed by atoms with van der Waals surface area (Å²) in [4.78, 5) is 36.1. The smallest absolute Gasteiger partial charge is 0.230 e. The number of fused-ring (bicyclic) bond motifs is 5. The normalized spacial score (nSPS) is 17.1. The zero-order chi connectivity index (χ0) is 38.5. The minimum absolute atomic E-state index is 0.162. The van der Waals surface area contributed by atoms with Gasteiger partial charge in [0.25, 0.3) is 0 Å². The van der Waals surface area contributed by atoms with Crippen molar-refractivity contribution in [3.8, 4) is 5.00 Å². The summed E-state index contributed by atoms with van der Waals surface area (Å²) in [5, 5.41) is 11.4. The number of aromatic nitrogens is 3. The molecule has 0 radical (unpaired) electrons. The highest BCUT2D eigenvalue weighted by Gasteiger charge is 2.49. The predicted molar refractivity (Wildman–Crippen MR) is 214 cm³/mol. The van der Waals surface area contributed by atoms with E-state index in [4.69, 9.17) is 42.7 Å². The zero-order valence-electron chi connectivity index (χ0n) is 30.7. The molecule has 0 unspecified atom stereocenters. The molecule has 0 aliphatic carbocycles. The Morgan fingerprint density at radius 1 is 0.778 bits per heavy atom. The first kappa shape index (κ1) is 38.2. The maximum absolute atomic E-state index is 12.7. The molecular weight excluding hydrogens is 766 g/mol. The zero-order valence-corrected chi connectivity index (χ0v) is 33.8. The molecule has 9 rings (SSSR count). The van der Waals surface area contributed by atoms with Crippen LogP contribution in [0, 0.1) is 34.6 Å². The number of halogens is 2. The van der Waals surface area contributed by atoms with Gasteiger partial charge in [-0.3, -0.25) is 29.6 Å². The summed E-state index contributed by atoms with van der Waals surface area (Å²) in [5.41, 5.74) is 9.37. The molecule has 11 nitrogen and oxygen atoms in total. The van der Waals surface area contributed by atoms with E-state index in [1.54, 1.807) is 22.7 Å². The van der Waals surface area contributed by atoms with Crippen LogP contribution in [0.4, 0.5) is 0 Å². The van der Waals surface area contributed by atoms with E-state index in [9.17, 15) is 9.59 Å². The number of hydrogen-bond acceptors (Lipinski definition) is 11. The van der Waals surface area contributed by atoms with Crippen LogP contribution in [0.5, 0.6) is 0 Å². The third-order valence-corrected chi connectivity index (χ3v) is 12.9. The number of aryl methyl sites for hydroxylation is 3. The Morgan fingerprint density at radius 2 is 1.26 bits per heavy atom. The summed E-state index contributed by atoms with van der Waals surface area (Å²) in [7, 11) is 0. The lowest BCUT2D eigenvalue weighted by atomic mass is 9.91. The van der Waals surface area contributed by atoms with Crippen molar-refractivity contribution in [3.05, 3.63) is 118 Å². The number of ketones is 1. The highest BCUT2D eigenvalue weighted by molar-refractivity contribution is 7.15. The molecule has 2 fully saturated rings. The Balaban J connectivity index is 0.000000149. The van der Waals surface area contributed by atoms with Crippen LogP contribution in [0.15, 0.2) is 58.5 Å². The van der Waals surface area contributed by atoms with E-state index >= 15 is 0 Å². The van der Waals surface area contributed by atoms with Crippen molar-refractivity contribution >= 4 is 69.0 Å². The quantitative estimate of drug-likeness (QED) is 0.114. The molecule has 4 aliphatic heterocycles. The van der Waals surface area contributed by atoms with Gasteiger partial charge in [0, 0.05) is 60.3 Å². The van der Waals surface area contributed by atoms with Crippen molar-refractivity contribution in [1.82, 2.24) is 20.2 Å². The van der Waals surface area contributed by atoms with Gasteiger partial charge in [-0.15, -0.1) is 32.9 Å². The number of amides is 1. The molecule has 15 heteroatoms. The van der Waals surface area contributed by atoms with Gasteiger partial charge >= 0.3 is 0 Å². The summed E-state index contributed by atoms with van der Waals surface area (Å²) >= 11 is 15.6. The standard InChI is InChI=1S/C19H17ClN4OS.C18H16ClNO2S.C2H6N2O/c1-10-11(2)26-17-15(10)16(13-4-6-14(20)7-5-13)21-19(8-25-9-19)18-23-22-12(3)24(17)18;1-10-11(2)23-14-7-15(21)18(8-22-9-18)20-17(16(10)14)12-3-5-13(19)6-4-12;1-2(5)4-3/h4-7H,8-9H2,1-3H3;3-6H,7-9H2,1-2H3;3H2,1H3,(H,4,5). The monoisotopic (exact) mass is 803 g/mol. The van der Waals surface area contributed by atoms with Crippen LogP contribution in [0.25, 0.3) is 5.00 Å². The molecule has 1 amide bonds. The summed E-state index contributed by atoms with van der Waals surface area (Å²) in [6.45, 7) is 13.7. The molecule has 4 aliphatic rings. The van der Waals surface area contributed by atoms with Gasteiger partial charge in [0.1, 0.15) is 10.8 Å². The molecular formula is C39H39Cl2N7O4S2. The molecule has 2 spiro atoms. The van der Waals surface area contributed by atoms with Gasteiger partial charge in [-0.2, -0.15) is 0 Å². The first-order chi connectivity index (χ1) is 25.8. The van der Waals surface area contributed by atoms with Gasteiger partial charge in [0.15, 0.2) is 22.7 Å². The largest absolute Gasteiger partial charge is 0.375 e. The van der Waals surface area contributed by atoms with E-state index in [1.807, 2.05) is 60.9 Å². The van der Waals surface area contributed by atoms with Crippen LogP contribution in [-0.4, -0.2) is 69.8 Å². The van der Waals surface area contributed by atoms with Crippen molar-refractivity contribution < 1.29 is 19.1 Å². The first-order valence-electron chi connectivity index (χ1n) is 17.3. The Labute approximate surface area is 331 Å². The van der Waals surface area contributed by atoms with Crippen LogP contribution in [-0.2, 0) is 31.0 Å². The van der Waals surface area contributed by atoms with E-state index in [2.05, 4.69) is 48.3 Å². The Morgan fingerprint density at radius 3 is 1.76 bits per heavy atom. The van der Waals surface area contributed by atoms with Crippen molar-refractivity contribution in [2.24, 2.45) is 15.8 Å². The van der Waals surface area contributed by atoms with Crippen molar-refractivity contribution in [1.29, 1.82) is 0 Å². The Bertz CT molecular complexity index is 2330. The number of rotatable bonds is 2. The number of hydrogen-bond donors (Lipinski definition) is 2. The molecule has 0 bridgehead atoms. The summed E-state index contributed by atoms with van der Waals surface area (Å²) in [5.74, 6) is 6.26. The lowest BCUT2D eigenvalue weighted by molar-refractivity contribution is -0.139. The van der Waals surface area contributed by atoms with E-state index in [-0.39, 0.29) is 11.7 Å². The first-order valence-corrected chi connectivity index (χ1v) is 19.7. The highest BCUT2D eigenvalue weighted by Crippen LogP contribution is 2.44. The van der Waals surface area contributed by atoms with E-state index in [1.165, 1.54) is 27.8 Å². The summed E-state index contributed by atoms with van der Waals surface area (Å²) in [6, 6.07) is 15.6. The molecule has 0 atom stereocenters. The van der Waals surface area contributed by atoms with E-state index in [0.717, 1.165) is 60.2 Å². The molecule has 5 aromatic rings. The van der Waals surface area contributed by atoms with Gasteiger partial charge in [-0.1, -0.05) is 47.5 Å². The minimum Gasteiger partial charge on any atom is -0.375 e. The number of hydrazine groups is 1. The molecule has 3 N–H and O–H groups in total. The molecule has 2 aromatic carbocycles. The average molecular weight is 805 g/mol. The molecule has 3 aromatic heterocycles. The number of nitrogens with one attached hydrogen (secondary N) is 1. The number of Topliss-reactive ketones (excluding diaryl/α,β-unsaturated/α-hetero) is 1.